The Morgan fingerprint density at radius 3 is 2.57 bits per heavy atom. The van der Waals surface area contributed by atoms with E-state index < -0.39 is 0 Å². The average Bonchev–Trinajstić information content (AvgIpc) is 2.75. The number of likely N-dealkylation sites (tertiary alicyclic amines) is 1. The number of fused-ring (bicyclic) bond motifs is 2. The van der Waals surface area contributed by atoms with Crippen LogP contribution in [0.25, 0.3) is 0 Å². The summed E-state index contributed by atoms with van der Waals surface area (Å²) in [5.74, 6) is 0.335. The lowest BCUT2D eigenvalue weighted by molar-refractivity contribution is -0.141. The first-order valence-corrected chi connectivity index (χ1v) is 10.7. The molecule has 0 atom stereocenters. The van der Waals surface area contributed by atoms with Crippen molar-refractivity contribution >= 4 is 5.91 Å². The summed E-state index contributed by atoms with van der Waals surface area (Å²) in [6, 6.07) is 13.0. The molecule has 1 aromatic heterocycles. The number of carbonyl (C=O) groups excluding carboxylic acids is 1. The molecule has 1 amide bonds. The molecule has 0 N–H and O–H groups in total. The van der Waals surface area contributed by atoms with E-state index in [1.165, 1.54) is 16.7 Å². The van der Waals surface area contributed by atoms with Crippen LogP contribution in [0.3, 0.4) is 0 Å². The van der Waals surface area contributed by atoms with Crippen molar-refractivity contribution in [3.8, 4) is 0 Å². The Kier molecular flexibility index (Phi) is 5.77. The van der Waals surface area contributed by atoms with Gasteiger partial charge in [0.15, 0.2) is 0 Å². The topological polar surface area (TPSA) is 36.4 Å². The number of rotatable bonds is 5. The summed E-state index contributed by atoms with van der Waals surface area (Å²) in [5, 5.41) is 0. The monoisotopic (exact) mass is 377 g/mol. The molecule has 148 valence electrons. The van der Waals surface area contributed by atoms with Crippen LogP contribution in [0, 0.1) is 0 Å². The van der Waals surface area contributed by atoms with Gasteiger partial charge in [-0.25, -0.2) is 0 Å². The molecule has 3 heterocycles. The van der Waals surface area contributed by atoms with E-state index in [1.54, 1.807) is 0 Å². The predicted molar refractivity (Wildman–Crippen MR) is 112 cm³/mol. The van der Waals surface area contributed by atoms with Crippen molar-refractivity contribution in [3.05, 3.63) is 65.5 Å². The number of amides is 1. The lowest BCUT2D eigenvalue weighted by Crippen LogP contribution is -2.58. The molecule has 0 unspecified atom stereocenters. The Labute approximate surface area is 168 Å². The highest BCUT2D eigenvalue weighted by molar-refractivity contribution is 5.78. The zero-order chi connectivity index (χ0) is 19.4. The summed E-state index contributed by atoms with van der Waals surface area (Å²) in [5.41, 5.74) is 4.08. The van der Waals surface area contributed by atoms with Crippen LogP contribution >= 0.6 is 0 Å². The minimum absolute atomic E-state index is 0.103. The molecule has 2 aromatic rings. The van der Waals surface area contributed by atoms with Crippen LogP contribution in [0.1, 0.15) is 49.3 Å². The van der Waals surface area contributed by atoms with Crippen molar-refractivity contribution in [2.24, 2.45) is 0 Å². The Hall–Kier alpha value is -2.20. The van der Waals surface area contributed by atoms with Gasteiger partial charge in [0.2, 0.25) is 5.91 Å². The van der Waals surface area contributed by atoms with E-state index in [9.17, 15) is 4.79 Å². The van der Waals surface area contributed by atoms with Gasteiger partial charge in [-0.2, -0.15) is 0 Å². The maximum atomic E-state index is 13.0. The molecular weight excluding hydrogens is 346 g/mol. The second-order valence-corrected chi connectivity index (χ2v) is 8.18. The molecule has 0 saturated carbocycles. The lowest BCUT2D eigenvalue weighted by Gasteiger charge is -2.52. The minimum atomic E-state index is -0.103. The summed E-state index contributed by atoms with van der Waals surface area (Å²) >= 11 is 0. The number of hydrogen-bond donors (Lipinski definition) is 0. The van der Waals surface area contributed by atoms with E-state index in [2.05, 4.69) is 58.1 Å². The third-order valence-electron chi connectivity index (χ3n) is 6.55. The van der Waals surface area contributed by atoms with E-state index in [0.29, 0.717) is 12.3 Å². The van der Waals surface area contributed by atoms with E-state index >= 15 is 0 Å². The maximum absolute atomic E-state index is 13.0. The van der Waals surface area contributed by atoms with Crippen molar-refractivity contribution < 1.29 is 4.79 Å². The predicted octanol–water partition coefficient (Wildman–Crippen LogP) is 3.80. The molecule has 4 nitrogen and oxygen atoms in total. The lowest BCUT2D eigenvalue weighted by atomic mass is 9.74. The first kappa shape index (κ1) is 19.1. The number of pyridine rings is 1. The van der Waals surface area contributed by atoms with Gasteiger partial charge in [0, 0.05) is 45.0 Å². The normalized spacial score (nSPS) is 18.8. The van der Waals surface area contributed by atoms with Gasteiger partial charge in [0.1, 0.15) is 0 Å². The maximum Gasteiger partial charge on any atom is 0.223 e. The highest BCUT2D eigenvalue weighted by atomic mass is 16.2. The van der Waals surface area contributed by atoms with Gasteiger partial charge in [-0.1, -0.05) is 31.2 Å². The molecule has 1 saturated heterocycles. The van der Waals surface area contributed by atoms with Crippen molar-refractivity contribution in [3.63, 3.8) is 0 Å². The molecule has 2 aliphatic rings. The summed E-state index contributed by atoms with van der Waals surface area (Å²) in [6.45, 7) is 6.15. The molecule has 1 fully saturated rings. The summed E-state index contributed by atoms with van der Waals surface area (Å²) in [6.07, 6.45) is 9.45. The van der Waals surface area contributed by atoms with Crippen LogP contribution in [0.4, 0.5) is 0 Å². The third kappa shape index (κ3) is 3.70. The van der Waals surface area contributed by atoms with Crippen molar-refractivity contribution in [1.82, 2.24) is 14.8 Å². The highest BCUT2D eigenvalue weighted by Gasteiger charge is 2.46. The average molecular weight is 378 g/mol. The Bertz CT molecular complexity index is 797. The Morgan fingerprint density at radius 2 is 1.82 bits per heavy atom. The molecule has 2 aliphatic heterocycles. The number of hydrogen-bond acceptors (Lipinski definition) is 3. The van der Waals surface area contributed by atoms with Gasteiger partial charge in [-0.15, -0.1) is 0 Å². The van der Waals surface area contributed by atoms with E-state index in [1.807, 2.05) is 12.4 Å². The van der Waals surface area contributed by atoms with Crippen LogP contribution in [0.2, 0.25) is 0 Å². The quantitative estimate of drug-likeness (QED) is 0.795. The Balaban J connectivity index is 1.50. The number of carbonyl (C=O) groups is 1. The van der Waals surface area contributed by atoms with Gasteiger partial charge >= 0.3 is 0 Å². The molecule has 0 radical (unpaired) electrons. The number of aromatic nitrogens is 1. The fourth-order valence-electron chi connectivity index (χ4n) is 5.02. The minimum Gasteiger partial charge on any atom is -0.333 e. The molecule has 1 spiro atoms. The molecule has 0 aliphatic carbocycles. The van der Waals surface area contributed by atoms with Gasteiger partial charge in [-0.05, 0) is 60.9 Å². The summed E-state index contributed by atoms with van der Waals surface area (Å²) in [4.78, 5) is 21.9. The second kappa shape index (κ2) is 8.44. The van der Waals surface area contributed by atoms with E-state index in [0.717, 1.165) is 58.3 Å². The van der Waals surface area contributed by atoms with Crippen molar-refractivity contribution in [2.45, 2.75) is 51.0 Å². The highest BCUT2D eigenvalue weighted by Crippen LogP contribution is 2.43. The van der Waals surface area contributed by atoms with Crippen molar-refractivity contribution in [2.75, 3.05) is 26.2 Å². The first-order valence-electron chi connectivity index (χ1n) is 10.7. The fourth-order valence-corrected chi connectivity index (χ4v) is 5.02. The molecular formula is C24H31N3O. The number of benzene rings is 1. The summed E-state index contributed by atoms with van der Waals surface area (Å²) in [7, 11) is 0. The molecule has 4 rings (SSSR count). The fraction of sp³-hybridized carbons (Fsp3) is 0.500. The molecule has 28 heavy (non-hydrogen) atoms. The molecule has 1 aromatic carbocycles. The van der Waals surface area contributed by atoms with Gasteiger partial charge < -0.3 is 9.80 Å². The van der Waals surface area contributed by atoms with Gasteiger partial charge in [0.05, 0.1) is 5.54 Å². The zero-order valence-corrected chi connectivity index (χ0v) is 16.9. The van der Waals surface area contributed by atoms with Crippen LogP contribution in [-0.2, 0) is 23.2 Å². The van der Waals surface area contributed by atoms with Crippen molar-refractivity contribution in [1.29, 1.82) is 0 Å². The largest absolute Gasteiger partial charge is 0.333 e. The number of nitrogens with zero attached hydrogens (tertiary/aromatic N) is 3. The Morgan fingerprint density at radius 1 is 1.07 bits per heavy atom. The van der Waals surface area contributed by atoms with Crippen LogP contribution in [0.5, 0.6) is 0 Å². The smallest absolute Gasteiger partial charge is 0.223 e. The summed E-state index contributed by atoms with van der Waals surface area (Å²) < 4.78 is 0. The van der Waals surface area contributed by atoms with Crippen LogP contribution in [0.15, 0.2) is 48.8 Å². The second-order valence-electron chi connectivity index (χ2n) is 8.18. The first-order chi connectivity index (χ1) is 13.7. The van der Waals surface area contributed by atoms with Gasteiger partial charge in [-0.3, -0.25) is 9.78 Å². The SMILES string of the molecule is CCCC(=O)N1CCc2ccccc2C12CCN(CCc1ccncc1)CC2. The third-order valence-corrected chi connectivity index (χ3v) is 6.55. The molecule has 4 heteroatoms. The van der Waals surface area contributed by atoms with Crippen LogP contribution in [-0.4, -0.2) is 46.9 Å². The van der Waals surface area contributed by atoms with Crippen LogP contribution < -0.4 is 0 Å². The standard InChI is InChI=1S/C24H31N3O/c1-2-5-23(28)27-17-11-21-6-3-4-7-22(21)24(27)12-18-26(19-13-24)16-10-20-8-14-25-15-9-20/h3-4,6-9,14-15H,2,5,10-13,16-19H2,1H3. The van der Waals surface area contributed by atoms with Gasteiger partial charge in [0.25, 0.3) is 0 Å². The zero-order valence-electron chi connectivity index (χ0n) is 16.9. The van der Waals surface area contributed by atoms with E-state index in [-0.39, 0.29) is 5.54 Å². The van der Waals surface area contributed by atoms with E-state index in [4.69, 9.17) is 0 Å². The molecule has 0 bridgehead atoms. The number of piperidine rings is 1.